The number of hydrogen-bond donors (Lipinski definition) is 0. The highest BCUT2D eigenvalue weighted by Gasteiger charge is 2.31. The molecule has 2 aromatic carbocycles. The van der Waals surface area contributed by atoms with Crippen LogP contribution in [0.4, 0.5) is 4.39 Å². The molecule has 0 atom stereocenters. The van der Waals surface area contributed by atoms with Crippen molar-refractivity contribution in [2.24, 2.45) is 0 Å². The second kappa shape index (κ2) is 8.58. The van der Waals surface area contributed by atoms with Gasteiger partial charge in [0.05, 0.1) is 38.3 Å². The van der Waals surface area contributed by atoms with Crippen LogP contribution in [0.2, 0.25) is 0 Å². The number of hydrogen-bond acceptors (Lipinski definition) is 5. The summed E-state index contributed by atoms with van der Waals surface area (Å²) >= 11 is 0. The molecular weight excluding hydrogens is 423 g/mol. The number of benzene rings is 2. The molecule has 0 saturated heterocycles. The molecule has 0 bridgehead atoms. The Bertz CT molecular complexity index is 1360. The number of halogens is 1. The van der Waals surface area contributed by atoms with Crippen LogP contribution >= 0.6 is 0 Å². The normalized spacial score (nSPS) is 12.8. The average Bonchev–Trinajstić information content (AvgIpc) is 3.19. The van der Waals surface area contributed by atoms with Crippen LogP contribution in [-0.2, 0) is 17.7 Å². The highest BCUT2D eigenvalue weighted by Crippen LogP contribution is 2.46. The second-order valence-corrected chi connectivity index (χ2v) is 7.85. The van der Waals surface area contributed by atoms with Gasteiger partial charge in [0.2, 0.25) is 5.88 Å². The number of ether oxygens (including phenoxy) is 3. The molecule has 0 amide bonds. The molecular formula is C26H23FN2O4. The van der Waals surface area contributed by atoms with E-state index in [4.69, 9.17) is 14.2 Å². The van der Waals surface area contributed by atoms with Crippen LogP contribution in [0.15, 0.2) is 54.7 Å². The highest BCUT2D eigenvalue weighted by molar-refractivity contribution is 6.12. The fourth-order valence-corrected chi connectivity index (χ4v) is 4.53. The molecule has 0 radical (unpaired) electrons. The molecule has 2 aromatic heterocycles. The molecule has 0 spiro atoms. The summed E-state index contributed by atoms with van der Waals surface area (Å²) in [4.78, 5) is 17.5. The minimum atomic E-state index is -0.534. The maximum absolute atomic E-state index is 14.6. The number of carbonyl (C=O) groups is 1. The topological polar surface area (TPSA) is 62.6 Å². The van der Waals surface area contributed by atoms with E-state index in [9.17, 15) is 9.18 Å². The van der Waals surface area contributed by atoms with Gasteiger partial charge in [-0.05, 0) is 42.7 Å². The number of fused-ring (bicyclic) bond motifs is 3. The first-order chi connectivity index (χ1) is 16.1. The number of methoxy groups -OCH3 is 2. The molecule has 1 aliphatic heterocycles. The molecule has 0 fully saturated rings. The van der Waals surface area contributed by atoms with Crippen molar-refractivity contribution in [2.45, 2.75) is 19.4 Å². The van der Waals surface area contributed by atoms with E-state index in [0.29, 0.717) is 34.9 Å². The lowest BCUT2D eigenvalue weighted by molar-refractivity contribution is 0.0590. The zero-order chi connectivity index (χ0) is 22.9. The Hall–Kier alpha value is -3.87. The van der Waals surface area contributed by atoms with Gasteiger partial charge in [0.25, 0.3) is 0 Å². The van der Waals surface area contributed by atoms with Gasteiger partial charge >= 0.3 is 5.97 Å². The third-order valence-electron chi connectivity index (χ3n) is 6.00. The van der Waals surface area contributed by atoms with Gasteiger partial charge in [-0.15, -0.1) is 0 Å². The predicted molar refractivity (Wildman–Crippen MR) is 122 cm³/mol. The van der Waals surface area contributed by atoms with E-state index in [0.717, 1.165) is 35.1 Å². The Morgan fingerprint density at radius 2 is 2.00 bits per heavy atom. The lowest BCUT2D eigenvalue weighted by Gasteiger charge is -2.19. The number of nitrogens with zero attached hydrogens (tertiary/aromatic N) is 2. The van der Waals surface area contributed by atoms with E-state index in [1.54, 1.807) is 35.0 Å². The third kappa shape index (κ3) is 3.50. The van der Waals surface area contributed by atoms with E-state index in [1.165, 1.54) is 20.3 Å². The lowest BCUT2D eigenvalue weighted by atomic mass is 9.97. The first kappa shape index (κ1) is 21.0. The van der Waals surface area contributed by atoms with Crippen molar-refractivity contribution in [3.8, 4) is 22.8 Å². The zero-order valence-corrected chi connectivity index (χ0v) is 18.4. The molecule has 5 rings (SSSR count). The van der Waals surface area contributed by atoms with Gasteiger partial charge in [0.15, 0.2) is 0 Å². The molecule has 0 unspecified atom stereocenters. The van der Waals surface area contributed by atoms with E-state index >= 15 is 0 Å². The molecule has 1 aliphatic rings. The highest BCUT2D eigenvalue weighted by atomic mass is 19.1. The number of aromatic nitrogens is 2. The summed E-state index contributed by atoms with van der Waals surface area (Å²) in [5.74, 6) is 0.232. The first-order valence-electron chi connectivity index (χ1n) is 10.8. The number of rotatable bonds is 5. The Morgan fingerprint density at radius 3 is 2.79 bits per heavy atom. The summed E-state index contributed by atoms with van der Waals surface area (Å²) in [6, 6.07) is 14.2. The van der Waals surface area contributed by atoms with Crippen LogP contribution in [-0.4, -0.2) is 36.3 Å². The van der Waals surface area contributed by atoms with E-state index in [-0.39, 0.29) is 12.4 Å². The zero-order valence-electron chi connectivity index (χ0n) is 18.4. The molecule has 0 aliphatic carbocycles. The van der Waals surface area contributed by atoms with Crippen molar-refractivity contribution >= 4 is 16.9 Å². The van der Waals surface area contributed by atoms with Crippen molar-refractivity contribution in [3.05, 3.63) is 77.4 Å². The molecule has 33 heavy (non-hydrogen) atoms. The van der Waals surface area contributed by atoms with Crippen LogP contribution in [0.3, 0.4) is 0 Å². The van der Waals surface area contributed by atoms with Crippen LogP contribution in [0, 0.1) is 5.82 Å². The van der Waals surface area contributed by atoms with E-state index in [1.807, 2.05) is 18.2 Å². The Morgan fingerprint density at radius 1 is 1.15 bits per heavy atom. The van der Waals surface area contributed by atoms with Crippen LogP contribution in [0.25, 0.3) is 22.0 Å². The minimum absolute atomic E-state index is 0.148. The quantitative estimate of drug-likeness (QED) is 0.403. The SMILES string of the molecule is COC(=O)c1c(-c2cccnc2OC)c2c3c(ccc2n1Cc1ccccc1F)CCCO3. The van der Waals surface area contributed by atoms with Gasteiger partial charge in [-0.25, -0.2) is 14.2 Å². The summed E-state index contributed by atoms with van der Waals surface area (Å²) in [5.41, 5.74) is 3.82. The standard InChI is InChI=1S/C26H23FN2O4/c1-31-25-18(9-5-13-28-25)21-22-20(12-11-16-8-6-14-33-24(16)22)29(23(21)26(30)32-2)15-17-7-3-4-10-19(17)27/h3-5,7,9-13H,6,8,14-15H2,1-2H3. The Kier molecular flexibility index (Phi) is 5.46. The third-order valence-corrected chi connectivity index (χ3v) is 6.00. The summed E-state index contributed by atoms with van der Waals surface area (Å²) in [6.07, 6.45) is 3.43. The fraction of sp³-hybridized carbons (Fsp3) is 0.231. The van der Waals surface area contributed by atoms with E-state index < -0.39 is 5.97 Å². The van der Waals surface area contributed by atoms with Crippen LogP contribution < -0.4 is 9.47 Å². The number of pyridine rings is 1. The monoisotopic (exact) mass is 446 g/mol. The minimum Gasteiger partial charge on any atom is -0.493 e. The number of carbonyl (C=O) groups excluding carboxylic acids is 1. The molecule has 6 nitrogen and oxygen atoms in total. The molecule has 4 aromatic rings. The average molecular weight is 446 g/mol. The van der Waals surface area contributed by atoms with Crippen molar-refractivity contribution < 1.29 is 23.4 Å². The molecule has 168 valence electrons. The van der Waals surface area contributed by atoms with Crippen molar-refractivity contribution in [1.82, 2.24) is 9.55 Å². The summed E-state index contributed by atoms with van der Waals surface area (Å²) < 4.78 is 33.3. The summed E-state index contributed by atoms with van der Waals surface area (Å²) in [7, 11) is 2.87. The van der Waals surface area contributed by atoms with Gasteiger partial charge in [-0.2, -0.15) is 0 Å². The fourth-order valence-electron chi connectivity index (χ4n) is 4.53. The van der Waals surface area contributed by atoms with Crippen LogP contribution in [0.1, 0.15) is 28.0 Å². The molecule has 0 N–H and O–H groups in total. The van der Waals surface area contributed by atoms with Gasteiger partial charge in [-0.3, -0.25) is 0 Å². The Labute approximate surface area is 190 Å². The predicted octanol–water partition coefficient (Wildman–Crippen LogP) is 5.01. The first-order valence-corrected chi connectivity index (χ1v) is 10.8. The van der Waals surface area contributed by atoms with Crippen molar-refractivity contribution in [2.75, 3.05) is 20.8 Å². The number of esters is 1. The smallest absolute Gasteiger partial charge is 0.355 e. The van der Waals surface area contributed by atoms with Gasteiger partial charge in [0.1, 0.15) is 17.3 Å². The van der Waals surface area contributed by atoms with Crippen molar-refractivity contribution in [1.29, 1.82) is 0 Å². The van der Waals surface area contributed by atoms with Gasteiger partial charge in [-0.1, -0.05) is 24.3 Å². The molecule has 7 heteroatoms. The summed E-state index contributed by atoms with van der Waals surface area (Å²) in [6.45, 7) is 0.733. The van der Waals surface area contributed by atoms with Gasteiger partial charge in [0, 0.05) is 22.9 Å². The Balaban J connectivity index is 1.90. The largest absolute Gasteiger partial charge is 0.493 e. The second-order valence-electron chi connectivity index (χ2n) is 7.85. The van der Waals surface area contributed by atoms with E-state index in [2.05, 4.69) is 4.98 Å². The van der Waals surface area contributed by atoms with Crippen molar-refractivity contribution in [3.63, 3.8) is 0 Å². The molecule has 3 heterocycles. The van der Waals surface area contributed by atoms with Gasteiger partial charge < -0.3 is 18.8 Å². The van der Waals surface area contributed by atoms with Crippen LogP contribution in [0.5, 0.6) is 11.6 Å². The summed E-state index contributed by atoms with van der Waals surface area (Å²) in [5, 5.41) is 0.773. The lowest BCUT2D eigenvalue weighted by Crippen LogP contribution is -2.13. The number of aryl methyl sites for hydroxylation is 1. The maximum Gasteiger partial charge on any atom is 0.355 e. The molecule has 0 saturated carbocycles. The maximum atomic E-state index is 14.6.